The molecule has 0 N–H and O–H groups in total. The van der Waals surface area contributed by atoms with Crippen LogP contribution in [0.3, 0.4) is 0 Å². The fourth-order valence-corrected chi connectivity index (χ4v) is 3.21. The topological polar surface area (TPSA) is 0 Å². The first-order chi connectivity index (χ1) is 9.22. The highest BCUT2D eigenvalue weighted by Crippen LogP contribution is 2.36. The summed E-state index contributed by atoms with van der Waals surface area (Å²) in [7, 11) is 0. The van der Waals surface area contributed by atoms with Crippen LogP contribution in [-0.4, -0.2) is 0 Å². The monoisotopic (exact) mass is 276 g/mol. The van der Waals surface area contributed by atoms with E-state index in [1.165, 1.54) is 35.1 Å². The van der Waals surface area contributed by atoms with Gasteiger partial charge in [-0.05, 0) is 86.5 Å². The van der Waals surface area contributed by atoms with Crippen molar-refractivity contribution in [2.24, 2.45) is 23.7 Å². The highest BCUT2D eigenvalue weighted by molar-refractivity contribution is 5.35. The van der Waals surface area contributed by atoms with Crippen LogP contribution < -0.4 is 0 Å². The third kappa shape index (κ3) is 4.65. The average molecular weight is 277 g/mol. The van der Waals surface area contributed by atoms with Gasteiger partial charge in [0.15, 0.2) is 0 Å². The van der Waals surface area contributed by atoms with Crippen LogP contribution in [0, 0.1) is 51.4 Å². The molecule has 0 heterocycles. The summed E-state index contributed by atoms with van der Waals surface area (Å²) in [5, 5.41) is 0. The summed E-state index contributed by atoms with van der Waals surface area (Å²) in [5.74, 6) is 3.86. The van der Waals surface area contributed by atoms with Crippen molar-refractivity contribution >= 4 is 0 Å². The van der Waals surface area contributed by atoms with Gasteiger partial charge in [0.25, 0.3) is 0 Å². The second-order valence-corrected chi connectivity index (χ2v) is 7.40. The van der Waals surface area contributed by atoms with Gasteiger partial charge in [0.05, 0.1) is 0 Å². The molecule has 1 aliphatic carbocycles. The van der Waals surface area contributed by atoms with Gasteiger partial charge in [-0.25, -0.2) is 0 Å². The Labute approximate surface area is 128 Å². The second-order valence-electron chi connectivity index (χ2n) is 7.40. The van der Waals surface area contributed by atoms with Crippen molar-refractivity contribution in [3.63, 3.8) is 0 Å². The Hall–Kier alpha value is -0.780. The van der Waals surface area contributed by atoms with Crippen molar-refractivity contribution in [1.29, 1.82) is 0 Å². The van der Waals surface area contributed by atoms with Crippen molar-refractivity contribution in [2.75, 3.05) is 0 Å². The van der Waals surface area contributed by atoms with Gasteiger partial charge in [-0.2, -0.15) is 0 Å². The van der Waals surface area contributed by atoms with Gasteiger partial charge in [-0.15, -0.1) is 0 Å². The number of hydrogen-bond acceptors (Lipinski definition) is 0. The molecule has 0 spiro atoms. The van der Waals surface area contributed by atoms with Gasteiger partial charge >= 0.3 is 0 Å². The fourth-order valence-electron chi connectivity index (χ4n) is 3.21. The van der Waals surface area contributed by atoms with E-state index in [2.05, 4.69) is 67.5 Å². The minimum atomic E-state index is 0. The lowest BCUT2D eigenvalue weighted by Gasteiger charge is -2.35. The maximum atomic E-state index is 2.40. The van der Waals surface area contributed by atoms with Crippen LogP contribution in [0.5, 0.6) is 0 Å². The molecule has 0 bridgehead atoms. The van der Waals surface area contributed by atoms with E-state index in [9.17, 15) is 0 Å². The predicted octanol–water partition coefficient (Wildman–Crippen LogP) is 6.49. The van der Waals surface area contributed by atoms with Crippen molar-refractivity contribution in [3.8, 4) is 0 Å². The molecule has 1 saturated carbocycles. The van der Waals surface area contributed by atoms with Crippen molar-refractivity contribution in [2.45, 2.75) is 68.2 Å². The van der Waals surface area contributed by atoms with Gasteiger partial charge in [-0.3, -0.25) is 0 Å². The van der Waals surface area contributed by atoms with Crippen LogP contribution in [0.15, 0.2) is 12.1 Å². The minimum absolute atomic E-state index is 0. The number of aryl methyl sites for hydroxylation is 4. The smallest absolute Gasteiger partial charge is 0 e. The first kappa shape index (κ1) is 17.3. The maximum absolute atomic E-state index is 2.40. The van der Waals surface area contributed by atoms with Gasteiger partial charge in [-0.1, -0.05) is 39.8 Å². The molecule has 0 nitrogen and oxygen atoms in total. The van der Waals surface area contributed by atoms with Crippen LogP contribution in [0.1, 0.15) is 64.2 Å². The molecule has 20 heavy (non-hydrogen) atoms. The lowest BCUT2D eigenvalue weighted by Crippen LogP contribution is -2.25. The largest absolute Gasteiger partial charge is 0.0622 e. The molecule has 0 aromatic heterocycles. The van der Waals surface area contributed by atoms with Crippen molar-refractivity contribution in [1.82, 2.24) is 0 Å². The lowest BCUT2D eigenvalue weighted by molar-refractivity contribution is 0.157. The standard InChI is InChI=1S/C10H20.C10H14.H2/c2*1-7-5-9(3)10(4)6-8(7)2;/h7-10H,5-6H2,1-4H3;5-6H,1-4H3;1H. The zero-order chi connectivity index (χ0) is 15.4. The molecule has 1 fully saturated rings. The first-order valence-corrected chi connectivity index (χ1v) is 8.26. The first-order valence-electron chi connectivity index (χ1n) is 8.26. The van der Waals surface area contributed by atoms with Crippen LogP contribution in [0.2, 0.25) is 0 Å². The highest BCUT2D eigenvalue weighted by Gasteiger charge is 2.26. The van der Waals surface area contributed by atoms with Crippen LogP contribution in [0.4, 0.5) is 0 Å². The Balaban J connectivity index is 0.000000364. The normalized spacial score (nSPS) is 29.6. The third-order valence-electron chi connectivity index (χ3n) is 5.54. The number of benzene rings is 1. The van der Waals surface area contributed by atoms with Gasteiger partial charge in [0.2, 0.25) is 0 Å². The van der Waals surface area contributed by atoms with E-state index < -0.39 is 0 Å². The molecule has 0 aliphatic heterocycles. The van der Waals surface area contributed by atoms with E-state index in [0.29, 0.717) is 0 Å². The number of hydrogen-bond donors (Lipinski definition) is 0. The summed E-state index contributed by atoms with van der Waals surface area (Å²) < 4.78 is 0. The Morgan fingerprint density at radius 2 is 0.800 bits per heavy atom. The van der Waals surface area contributed by atoms with Gasteiger partial charge in [0, 0.05) is 1.43 Å². The molecular weight excluding hydrogens is 240 g/mol. The predicted molar refractivity (Wildman–Crippen MR) is 93.4 cm³/mol. The summed E-state index contributed by atoms with van der Waals surface area (Å²) in [6.45, 7) is 18.2. The maximum Gasteiger partial charge on any atom is 0 e. The quantitative estimate of drug-likeness (QED) is 0.508. The molecule has 116 valence electrons. The molecule has 1 aromatic carbocycles. The Bertz CT molecular complexity index is 359. The van der Waals surface area contributed by atoms with E-state index in [-0.39, 0.29) is 1.43 Å². The van der Waals surface area contributed by atoms with Crippen LogP contribution in [0.25, 0.3) is 0 Å². The molecule has 0 radical (unpaired) electrons. The fraction of sp³-hybridized carbons (Fsp3) is 0.700. The van der Waals surface area contributed by atoms with Crippen LogP contribution >= 0.6 is 0 Å². The summed E-state index contributed by atoms with van der Waals surface area (Å²) in [6, 6.07) is 4.48. The molecular formula is C20H36. The van der Waals surface area contributed by atoms with Crippen molar-refractivity contribution in [3.05, 3.63) is 34.4 Å². The molecule has 0 saturated heterocycles. The van der Waals surface area contributed by atoms with E-state index in [0.717, 1.165) is 23.7 Å². The summed E-state index contributed by atoms with van der Waals surface area (Å²) in [5.41, 5.74) is 5.57. The van der Waals surface area contributed by atoms with Crippen molar-refractivity contribution < 1.29 is 1.43 Å². The molecule has 1 aromatic rings. The third-order valence-corrected chi connectivity index (χ3v) is 5.54. The zero-order valence-corrected chi connectivity index (χ0v) is 14.9. The molecule has 0 amide bonds. The Morgan fingerprint density at radius 1 is 0.600 bits per heavy atom. The lowest BCUT2D eigenvalue weighted by atomic mass is 9.71. The molecule has 2 rings (SSSR count). The second kappa shape index (κ2) is 7.29. The van der Waals surface area contributed by atoms with E-state index in [1.54, 1.807) is 0 Å². The molecule has 4 atom stereocenters. The van der Waals surface area contributed by atoms with E-state index >= 15 is 0 Å². The van der Waals surface area contributed by atoms with Gasteiger partial charge in [0.1, 0.15) is 0 Å². The zero-order valence-electron chi connectivity index (χ0n) is 14.9. The minimum Gasteiger partial charge on any atom is -0.0622 e. The molecule has 0 heteroatoms. The average Bonchev–Trinajstić information content (AvgIpc) is 2.35. The van der Waals surface area contributed by atoms with Crippen LogP contribution in [-0.2, 0) is 0 Å². The summed E-state index contributed by atoms with van der Waals surface area (Å²) >= 11 is 0. The van der Waals surface area contributed by atoms with E-state index in [4.69, 9.17) is 0 Å². The molecule has 1 aliphatic rings. The SMILES string of the molecule is CC1CC(C)C(C)CC1C.Cc1cc(C)c(C)cc1C.[HH]. The number of rotatable bonds is 0. The van der Waals surface area contributed by atoms with Gasteiger partial charge < -0.3 is 0 Å². The summed E-state index contributed by atoms with van der Waals surface area (Å²) in [4.78, 5) is 0. The Kier molecular flexibility index (Phi) is 6.30. The Morgan fingerprint density at radius 3 is 1.00 bits per heavy atom. The molecule has 4 unspecified atom stereocenters. The summed E-state index contributed by atoms with van der Waals surface area (Å²) in [6.07, 6.45) is 2.89. The van der Waals surface area contributed by atoms with E-state index in [1.807, 2.05) is 0 Å². The highest BCUT2D eigenvalue weighted by atomic mass is 14.3.